The molecule has 1 atom stereocenters. The highest BCUT2D eigenvalue weighted by molar-refractivity contribution is 6.29. The molecule has 0 amide bonds. The van der Waals surface area contributed by atoms with Crippen molar-refractivity contribution in [1.82, 2.24) is 10.3 Å². The van der Waals surface area contributed by atoms with E-state index in [-0.39, 0.29) is 0 Å². The molecule has 0 saturated carbocycles. The zero-order valence-electron chi connectivity index (χ0n) is 8.33. The van der Waals surface area contributed by atoms with Crippen molar-refractivity contribution in [2.24, 2.45) is 11.7 Å². The Kier molecular flexibility index (Phi) is 4.87. The lowest BCUT2D eigenvalue weighted by atomic mass is 10.2. The SMILES string of the molecule is CC(CN)CNCc1ccc(Cl)nc1. The molecule has 0 aliphatic carbocycles. The van der Waals surface area contributed by atoms with E-state index < -0.39 is 0 Å². The third-order valence-electron chi connectivity index (χ3n) is 2.01. The smallest absolute Gasteiger partial charge is 0.129 e. The lowest BCUT2D eigenvalue weighted by Crippen LogP contribution is -2.25. The third-order valence-corrected chi connectivity index (χ3v) is 2.24. The Morgan fingerprint density at radius 1 is 1.57 bits per heavy atom. The Morgan fingerprint density at radius 3 is 2.93 bits per heavy atom. The first-order valence-corrected chi connectivity index (χ1v) is 5.11. The standard InChI is InChI=1S/C10H16ClN3/c1-8(4-12)5-13-6-9-2-3-10(11)14-7-9/h2-3,7-8,13H,4-6,12H2,1H3. The number of nitrogens with zero attached hydrogens (tertiary/aromatic N) is 1. The van der Waals surface area contributed by atoms with Crippen LogP contribution in [-0.2, 0) is 6.54 Å². The molecule has 1 heterocycles. The molecule has 1 unspecified atom stereocenters. The molecule has 1 aromatic heterocycles. The van der Waals surface area contributed by atoms with Gasteiger partial charge < -0.3 is 11.1 Å². The summed E-state index contributed by atoms with van der Waals surface area (Å²) >= 11 is 5.67. The van der Waals surface area contributed by atoms with Gasteiger partial charge >= 0.3 is 0 Å². The van der Waals surface area contributed by atoms with Crippen LogP contribution >= 0.6 is 11.6 Å². The molecule has 0 fully saturated rings. The van der Waals surface area contributed by atoms with Gasteiger partial charge in [0.2, 0.25) is 0 Å². The predicted molar refractivity (Wildman–Crippen MR) is 59.2 cm³/mol. The van der Waals surface area contributed by atoms with Crippen LogP contribution in [0.4, 0.5) is 0 Å². The van der Waals surface area contributed by atoms with Crippen molar-refractivity contribution < 1.29 is 0 Å². The van der Waals surface area contributed by atoms with E-state index in [0.29, 0.717) is 17.6 Å². The molecule has 1 aromatic rings. The lowest BCUT2D eigenvalue weighted by molar-refractivity contribution is 0.522. The molecule has 1 rings (SSSR count). The molecule has 78 valence electrons. The van der Waals surface area contributed by atoms with Crippen LogP contribution in [0.25, 0.3) is 0 Å². The number of hydrogen-bond acceptors (Lipinski definition) is 3. The molecule has 0 saturated heterocycles. The summed E-state index contributed by atoms with van der Waals surface area (Å²) in [6.07, 6.45) is 1.78. The van der Waals surface area contributed by atoms with E-state index in [1.807, 2.05) is 6.07 Å². The summed E-state index contributed by atoms with van der Waals surface area (Å²) in [5.74, 6) is 0.509. The first kappa shape index (κ1) is 11.4. The predicted octanol–water partition coefficient (Wildman–Crippen LogP) is 1.42. The topological polar surface area (TPSA) is 50.9 Å². The van der Waals surface area contributed by atoms with Gasteiger partial charge in [0, 0.05) is 12.7 Å². The first-order valence-electron chi connectivity index (χ1n) is 4.73. The van der Waals surface area contributed by atoms with Crippen molar-refractivity contribution in [3.05, 3.63) is 29.0 Å². The fourth-order valence-electron chi connectivity index (χ4n) is 1.06. The largest absolute Gasteiger partial charge is 0.330 e. The normalized spacial score (nSPS) is 12.8. The Balaban J connectivity index is 2.28. The molecule has 0 aromatic carbocycles. The summed E-state index contributed by atoms with van der Waals surface area (Å²) in [6.45, 7) is 4.58. The summed E-state index contributed by atoms with van der Waals surface area (Å²) in [6, 6.07) is 3.76. The molecular weight excluding hydrogens is 198 g/mol. The van der Waals surface area contributed by atoms with Gasteiger partial charge in [-0.15, -0.1) is 0 Å². The van der Waals surface area contributed by atoms with Crippen molar-refractivity contribution in [1.29, 1.82) is 0 Å². The maximum absolute atomic E-state index is 5.67. The minimum Gasteiger partial charge on any atom is -0.330 e. The van der Waals surface area contributed by atoms with Gasteiger partial charge in [0.05, 0.1) is 0 Å². The highest BCUT2D eigenvalue weighted by Gasteiger charge is 1.98. The highest BCUT2D eigenvalue weighted by atomic mass is 35.5. The van der Waals surface area contributed by atoms with Gasteiger partial charge in [-0.05, 0) is 30.6 Å². The van der Waals surface area contributed by atoms with E-state index >= 15 is 0 Å². The van der Waals surface area contributed by atoms with Crippen molar-refractivity contribution in [3.63, 3.8) is 0 Å². The van der Waals surface area contributed by atoms with Gasteiger partial charge in [-0.3, -0.25) is 0 Å². The lowest BCUT2D eigenvalue weighted by Gasteiger charge is -2.09. The number of pyridine rings is 1. The van der Waals surface area contributed by atoms with Crippen molar-refractivity contribution in [3.8, 4) is 0 Å². The summed E-state index contributed by atoms with van der Waals surface area (Å²) in [5, 5.41) is 3.84. The Hall–Kier alpha value is -0.640. The van der Waals surface area contributed by atoms with Crippen LogP contribution in [-0.4, -0.2) is 18.1 Å². The zero-order valence-corrected chi connectivity index (χ0v) is 9.09. The van der Waals surface area contributed by atoms with E-state index in [4.69, 9.17) is 17.3 Å². The molecule has 3 N–H and O–H groups in total. The molecule has 0 aliphatic rings. The monoisotopic (exact) mass is 213 g/mol. The van der Waals surface area contributed by atoms with E-state index in [9.17, 15) is 0 Å². The van der Waals surface area contributed by atoms with Gasteiger partial charge in [-0.25, -0.2) is 4.98 Å². The van der Waals surface area contributed by atoms with Gasteiger partial charge in [-0.1, -0.05) is 24.6 Å². The summed E-state index contributed by atoms with van der Waals surface area (Å²) in [7, 11) is 0. The number of rotatable bonds is 5. The molecule has 0 aliphatic heterocycles. The first-order chi connectivity index (χ1) is 6.72. The average Bonchev–Trinajstić information content (AvgIpc) is 2.21. The van der Waals surface area contributed by atoms with Crippen LogP contribution in [0.5, 0.6) is 0 Å². The Morgan fingerprint density at radius 2 is 2.36 bits per heavy atom. The number of nitrogens with one attached hydrogen (secondary N) is 1. The number of halogens is 1. The molecule has 0 spiro atoms. The molecular formula is C10H16ClN3. The maximum atomic E-state index is 5.67. The summed E-state index contributed by atoms with van der Waals surface area (Å²) < 4.78 is 0. The van der Waals surface area contributed by atoms with Gasteiger partial charge in [-0.2, -0.15) is 0 Å². The summed E-state index contributed by atoms with van der Waals surface area (Å²) in [4.78, 5) is 4.00. The quantitative estimate of drug-likeness (QED) is 0.728. The maximum Gasteiger partial charge on any atom is 0.129 e. The van der Waals surface area contributed by atoms with Crippen LogP contribution in [0.1, 0.15) is 12.5 Å². The van der Waals surface area contributed by atoms with Crippen LogP contribution in [0.3, 0.4) is 0 Å². The van der Waals surface area contributed by atoms with E-state index in [0.717, 1.165) is 18.7 Å². The van der Waals surface area contributed by atoms with Gasteiger partial charge in [0.25, 0.3) is 0 Å². The zero-order chi connectivity index (χ0) is 10.4. The fraction of sp³-hybridized carbons (Fsp3) is 0.500. The van der Waals surface area contributed by atoms with E-state index in [2.05, 4.69) is 17.2 Å². The Bertz CT molecular complexity index is 261. The molecule has 14 heavy (non-hydrogen) atoms. The minimum absolute atomic E-state index is 0.509. The van der Waals surface area contributed by atoms with Crippen molar-refractivity contribution in [2.45, 2.75) is 13.5 Å². The number of aromatic nitrogens is 1. The van der Waals surface area contributed by atoms with E-state index in [1.165, 1.54) is 0 Å². The second-order valence-corrected chi connectivity index (χ2v) is 3.85. The minimum atomic E-state index is 0.509. The molecule has 4 heteroatoms. The van der Waals surface area contributed by atoms with Gasteiger partial charge in [0.1, 0.15) is 5.15 Å². The second kappa shape index (κ2) is 5.96. The van der Waals surface area contributed by atoms with Crippen molar-refractivity contribution in [2.75, 3.05) is 13.1 Å². The van der Waals surface area contributed by atoms with Crippen LogP contribution in [0.2, 0.25) is 5.15 Å². The highest BCUT2D eigenvalue weighted by Crippen LogP contribution is 2.04. The van der Waals surface area contributed by atoms with E-state index in [1.54, 1.807) is 12.3 Å². The fourth-order valence-corrected chi connectivity index (χ4v) is 1.17. The number of nitrogens with two attached hydrogens (primary N) is 1. The van der Waals surface area contributed by atoms with Gasteiger partial charge in [0.15, 0.2) is 0 Å². The average molecular weight is 214 g/mol. The molecule has 0 radical (unpaired) electrons. The third kappa shape index (κ3) is 4.05. The summed E-state index contributed by atoms with van der Waals surface area (Å²) in [5.41, 5.74) is 6.64. The molecule has 3 nitrogen and oxygen atoms in total. The number of hydrogen-bond donors (Lipinski definition) is 2. The van der Waals surface area contributed by atoms with Crippen molar-refractivity contribution >= 4 is 11.6 Å². The second-order valence-electron chi connectivity index (χ2n) is 3.46. The molecule has 0 bridgehead atoms. The van der Waals surface area contributed by atoms with Crippen LogP contribution < -0.4 is 11.1 Å². The van der Waals surface area contributed by atoms with Crippen LogP contribution in [0, 0.1) is 5.92 Å². The Labute approximate surface area is 89.7 Å². The van der Waals surface area contributed by atoms with Crippen LogP contribution in [0.15, 0.2) is 18.3 Å².